The molecule has 2 saturated heterocycles. The molecule has 1 aromatic carbocycles. The van der Waals surface area contributed by atoms with Crippen molar-refractivity contribution < 1.29 is 19.2 Å². The number of benzene rings is 1. The van der Waals surface area contributed by atoms with Gasteiger partial charge in [-0.3, -0.25) is 19.2 Å². The SMILES string of the molecule is CCCCN1CCN([C@H](C(=O)N2CCC(C(N)=O)CC2)c2ccccc2)C(=O)C1=O. The van der Waals surface area contributed by atoms with Crippen molar-refractivity contribution >= 4 is 23.6 Å². The Morgan fingerprint density at radius 2 is 1.70 bits per heavy atom. The van der Waals surface area contributed by atoms with Crippen LogP contribution in [0.25, 0.3) is 0 Å². The Balaban J connectivity index is 1.80. The fraction of sp³-hybridized carbons (Fsp3) is 0.545. The van der Waals surface area contributed by atoms with Crippen molar-refractivity contribution in [2.45, 2.75) is 38.6 Å². The van der Waals surface area contributed by atoms with Gasteiger partial charge in [-0.2, -0.15) is 0 Å². The van der Waals surface area contributed by atoms with Gasteiger partial charge < -0.3 is 20.4 Å². The zero-order chi connectivity index (χ0) is 21.7. The number of nitrogens with zero attached hydrogens (tertiary/aromatic N) is 3. The summed E-state index contributed by atoms with van der Waals surface area (Å²) < 4.78 is 0. The van der Waals surface area contributed by atoms with Crippen molar-refractivity contribution in [3.8, 4) is 0 Å². The van der Waals surface area contributed by atoms with Crippen molar-refractivity contribution in [3.05, 3.63) is 35.9 Å². The summed E-state index contributed by atoms with van der Waals surface area (Å²) in [5, 5.41) is 0. The third-order valence-electron chi connectivity index (χ3n) is 5.99. The number of hydrogen-bond acceptors (Lipinski definition) is 4. The Morgan fingerprint density at radius 1 is 1.03 bits per heavy atom. The van der Waals surface area contributed by atoms with Gasteiger partial charge in [-0.25, -0.2) is 0 Å². The summed E-state index contributed by atoms with van der Waals surface area (Å²) in [5.74, 6) is -1.96. The minimum atomic E-state index is -0.846. The first kappa shape index (κ1) is 21.8. The predicted octanol–water partition coefficient (Wildman–Crippen LogP) is 0.923. The number of nitrogens with two attached hydrogens (primary N) is 1. The Labute approximate surface area is 177 Å². The standard InChI is InChI=1S/C22H30N4O4/c1-2-3-11-24-14-15-26(22(30)21(24)29)18(16-7-5-4-6-8-16)20(28)25-12-9-17(10-13-25)19(23)27/h4-8,17-18H,2-3,9-15H2,1H3,(H2,23,27)/t18-/m0/s1. The van der Waals surface area contributed by atoms with Gasteiger partial charge in [-0.05, 0) is 24.8 Å². The number of unbranched alkanes of at least 4 members (excludes halogenated alkanes) is 1. The van der Waals surface area contributed by atoms with Gasteiger partial charge in [0.2, 0.25) is 11.8 Å². The van der Waals surface area contributed by atoms with Crippen LogP contribution in [0.4, 0.5) is 0 Å². The number of amides is 4. The largest absolute Gasteiger partial charge is 0.369 e. The lowest BCUT2D eigenvalue weighted by Crippen LogP contribution is -2.58. The molecule has 0 spiro atoms. The summed E-state index contributed by atoms with van der Waals surface area (Å²) in [6, 6.07) is 8.25. The first-order valence-corrected chi connectivity index (χ1v) is 10.7. The second-order valence-electron chi connectivity index (χ2n) is 7.96. The summed E-state index contributed by atoms with van der Waals surface area (Å²) in [6.07, 6.45) is 2.81. The van der Waals surface area contributed by atoms with E-state index in [9.17, 15) is 19.2 Å². The highest BCUT2D eigenvalue weighted by Gasteiger charge is 2.41. The number of carbonyl (C=O) groups excluding carboxylic acids is 4. The van der Waals surface area contributed by atoms with E-state index in [1.165, 1.54) is 4.90 Å². The molecule has 8 nitrogen and oxygen atoms in total. The molecular formula is C22H30N4O4. The molecule has 0 saturated carbocycles. The van der Waals surface area contributed by atoms with Gasteiger partial charge >= 0.3 is 11.8 Å². The number of piperazine rings is 1. The fourth-order valence-corrected chi connectivity index (χ4v) is 4.15. The number of likely N-dealkylation sites (tertiary alicyclic amines) is 1. The van der Waals surface area contributed by atoms with Crippen molar-refractivity contribution in [1.29, 1.82) is 0 Å². The minimum Gasteiger partial charge on any atom is -0.369 e. The van der Waals surface area contributed by atoms with Gasteiger partial charge in [0.05, 0.1) is 0 Å². The number of hydrogen-bond donors (Lipinski definition) is 1. The molecule has 2 fully saturated rings. The molecule has 0 bridgehead atoms. The third-order valence-corrected chi connectivity index (χ3v) is 5.99. The van der Waals surface area contributed by atoms with Crippen LogP contribution in [-0.2, 0) is 19.2 Å². The summed E-state index contributed by atoms with van der Waals surface area (Å²) >= 11 is 0. The van der Waals surface area contributed by atoms with E-state index in [1.807, 2.05) is 25.1 Å². The first-order chi connectivity index (χ1) is 14.4. The van der Waals surface area contributed by atoms with E-state index in [1.54, 1.807) is 21.9 Å². The molecule has 3 rings (SSSR count). The molecule has 2 N–H and O–H groups in total. The predicted molar refractivity (Wildman–Crippen MR) is 111 cm³/mol. The Hall–Kier alpha value is -2.90. The minimum absolute atomic E-state index is 0.215. The van der Waals surface area contributed by atoms with Crippen LogP contribution >= 0.6 is 0 Å². The summed E-state index contributed by atoms with van der Waals surface area (Å²) in [6.45, 7) is 4.15. The molecule has 0 aliphatic carbocycles. The van der Waals surface area contributed by atoms with Gasteiger partial charge in [0.25, 0.3) is 0 Å². The zero-order valence-corrected chi connectivity index (χ0v) is 17.5. The summed E-state index contributed by atoms with van der Waals surface area (Å²) in [5.41, 5.74) is 6.08. The molecule has 4 amide bonds. The average Bonchev–Trinajstić information content (AvgIpc) is 2.77. The number of piperidine rings is 1. The summed E-state index contributed by atoms with van der Waals surface area (Å²) in [7, 11) is 0. The van der Waals surface area contributed by atoms with Crippen LogP contribution in [0.2, 0.25) is 0 Å². The lowest BCUT2D eigenvalue weighted by Gasteiger charge is -2.40. The monoisotopic (exact) mass is 414 g/mol. The van der Waals surface area contributed by atoms with Crippen LogP contribution < -0.4 is 5.73 Å². The van der Waals surface area contributed by atoms with Gasteiger partial charge in [0, 0.05) is 38.6 Å². The second-order valence-corrected chi connectivity index (χ2v) is 7.96. The second kappa shape index (κ2) is 9.73. The third kappa shape index (κ3) is 4.63. The maximum absolute atomic E-state index is 13.5. The number of carbonyl (C=O) groups is 4. The average molecular weight is 415 g/mol. The van der Waals surface area contributed by atoms with Gasteiger partial charge in [-0.15, -0.1) is 0 Å². The van der Waals surface area contributed by atoms with E-state index in [-0.39, 0.29) is 17.7 Å². The van der Waals surface area contributed by atoms with Crippen molar-refractivity contribution in [2.24, 2.45) is 11.7 Å². The molecule has 0 aromatic heterocycles. The quantitative estimate of drug-likeness (QED) is 0.670. The molecule has 2 aliphatic heterocycles. The Morgan fingerprint density at radius 3 is 2.30 bits per heavy atom. The zero-order valence-electron chi connectivity index (χ0n) is 17.5. The summed E-state index contributed by atoms with van der Waals surface area (Å²) in [4.78, 5) is 55.2. The number of rotatable bonds is 7. The Kier molecular flexibility index (Phi) is 7.07. The molecule has 162 valence electrons. The molecule has 8 heteroatoms. The highest BCUT2D eigenvalue weighted by molar-refractivity contribution is 6.35. The van der Waals surface area contributed by atoms with Crippen LogP contribution in [0.15, 0.2) is 30.3 Å². The highest BCUT2D eigenvalue weighted by Crippen LogP contribution is 2.28. The van der Waals surface area contributed by atoms with Crippen molar-refractivity contribution in [3.63, 3.8) is 0 Å². The topological polar surface area (TPSA) is 104 Å². The van der Waals surface area contributed by atoms with Crippen LogP contribution in [0.3, 0.4) is 0 Å². The lowest BCUT2D eigenvalue weighted by atomic mass is 9.94. The van der Waals surface area contributed by atoms with E-state index < -0.39 is 17.9 Å². The molecule has 2 heterocycles. The molecular weight excluding hydrogens is 384 g/mol. The maximum atomic E-state index is 13.5. The van der Waals surface area contributed by atoms with E-state index in [0.717, 1.165) is 12.8 Å². The first-order valence-electron chi connectivity index (χ1n) is 10.7. The maximum Gasteiger partial charge on any atom is 0.313 e. The van der Waals surface area contributed by atoms with Crippen LogP contribution in [0, 0.1) is 5.92 Å². The Bertz CT molecular complexity index is 790. The highest BCUT2D eigenvalue weighted by atomic mass is 16.2. The fourth-order valence-electron chi connectivity index (χ4n) is 4.15. The van der Waals surface area contributed by atoms with Gasteiger partial charge in [0.1, 0.15) is 6.04 Å². The molecule has 1 aromatic rings. The molecule has 0 radical (unpaired) electrons. The van der Waals surface area contributed by atoms with Crippen molar-refractivity contribution in [2.75, 3.05) is 32.7 Å². The van der Waals surface area contributed by atoms with Gasteiger partial charge in [0.15, 0.2) is 0 Å². The van der Waals surface area contributed by atoms with Crippen LogP contribution in [0.1, 0.15) is 44.2 Å². The molecule has 30 heavy (non-hydrogen) atoms. The van der Waals surface area contributed by atoms with E-state index in [0.29, 0.717) is 51.1 Å². The van der Waals surface area contributed by atoms with E-state index in [4.69, 9.17) is 5.73 Å². The van der Waals surface area contributed by atoms with E-state index >= 15 is 0 Å². The lowest BCUT2D eigenvalue weighted by molar-refractivity contribution is -0.161. The molecule has 1 atom stereocenters. The smallest absolute Gasteiger partial charge is 0.313 e. The van der Waals surface area contributed by atoms with Crippen LogP contribution in [-0.4, -0.2) is 71.1 Å². The van der Waals surface area contributed by atoms with Crippen LogP contribution in [0.5, 0.6) is 0 Å². The van der Waals surface area contributed by atoms with E-state index in [2.05, 4.69) is 0 Å². The normalized spacial score (nSPS) is 19.2. The van der Waals surface area contributed by atoms with Gasteiger partial charge in [-0.1, -0.05) is 43.7 Å². The molecule has 2 aliphatic rings. The molecule has 0 unspecified atom stereocenters. The number of primary amides is 1. The van der Waals surface area contributed by atoms with Crippen molar-refractivity contribution in [1.82, 2.24) is 14.7 Å².